The second-order valence-electron chi connectivity index (χ2n) is 3.64. The van der Waals surface area contributed by atoms with Gasteiger partial charge < -0.3 is 9.64 Å². The second-order valence-corrected chi connectivity index (χ2v) is 5.21. The SMILES string of the molecule is COC(=O)CCN(C)c1ccc(S(N)(=O)=O)cn1. The van der Waals surface area contributed by atoms with Gasteiger partial charge in [-0.15, -0.1) is 0 Å². The van der Waals surface area contributed by atoms with Gasteiger partial charge in [0.25, 0.3) is 0 Å². The number of esters is 1. The molecule has 0 unspecified atom stereocenters. The van der Waals surface area contributed by atoms with E-state index in [9.17, 15) is 13.2 Å². The maximum absolute atomic E-state index is 11.0. The third-order valence-electron chi connectivity index (χ3n) is 2.32. The van der Waals surface area contributed by atoms with Crippen LogP contribution < -0.4 is 10.0 Å². The molecule has 8 heteroatoms. The largest absolute Gasteiger partial charge is 0.469 e. The van der Waals surface area contributed by atoms with Crippen molar-refractivity contribution in [2.24, 2.45) is 5.14 Å². The lowest BCUT2D eigenvalue weighted by atomic mass is 10.3. The number of nitrogens with zero attached hydrogens (tertiary/aromatic N) is 2. The minimum atomic E-state index is -3.73. The molecule has 100 valence electrons. The first kappa shape index (κ1) is 14.4. The average molecular weight is 273 g/mol. The third-order valence-corrected chi connectivity index (χ3v) is 3.22. The zero-order chi connectivity index (χ0) is 13.8. The Morgan fingerprint density at radius 2 is 2.17 bits per heavy atom. The minimum absolute atomic E-state index is 0.0485. The molecule has 0 aliphatic rings. The number of aromatic nitrogens is 1. The number of carbonyl (C=O) groups is 1. The summed E-state index contributed by atoms with van der Waals surface area (Å²) in [6.45, 7) is 0.425. The molecule has 0 bridgehead atoms. The molecule has 1 aromatic rings. The van der Waals surface area contributed by atoms with Crippen molar-refractivity contribution in [1.29, 1.82) is 0 Å². The number of primary sulfonamides is 1. The van der Waals surface area contributed by atoms with Gasteiger partial charge in [0.05, 0.1) is 13.5 Å². The van der Waals surface area contributed by atoms with Crippen molar-refractivity contribution in [3.05, 3.63) is 18.3 Å². The molecule has 0 atom stereocenters. The summed E-state index contributed by atoms with van der Waals surface area (Å²) in [5.41, 5.74) is 0. The molecule has 0 aliphatic heterocycles. The molecule has 2 N–H and O–H groups in total. The summed E-state index contributed by atoms with van der Waals surface area (Å²) in [5.74, 6) is 0.231. The number of ether oxygens (including phenoxy) is 1. The number of methoxy groups -OCH3 is 1. The van der Waals surface area contributed by atoms with E-state index in [0.29, 0.717) is 12.4 Å². The first-order chi connectivity index (χ1) is 8.34. The van der Waals surface area contributed by atoms with Crippen LogP contribution in [0.5, 0.6) is 0 Å². The van der Waals surface area contributed by atoms with E-state index < -0.39 is 10.0 Å². The van der Waals surface area contributed by atoms with Gasteiger partial charge in [0, 0.05) is 19.8 Å². The summed E-state index contributed by atoms with van der Waals surface area (Å²) >= 11 is 0. The fourth-order valence-electron chi connectivity index (χ4n) is 1.24. The molecule has 0 amide bonds. The molecule has 0 spiro atoms. The number of nitrogens with two attached hydrogens (primary N) is 1. The zero-order valence-electron chi connectivity index (χ0n) is 10.2. The third kappa shape index (κ3) is 3.97. The Morgan fingerprint density at radius 1 is 1.50 bits per heavy atom. The molecule has 0 aromatic carbocycles. The Bertz CT molecular complexity index is 512. The fraction of sp³-hybridized carbons (Fsp3) is 0.400. The van der Waals surface area contributed by atoms with Crippen LogP contribution in [0.3, 0.4) is 0 Å². The Morgan fingerprint density at radius 3 is 2.61 bits per heavy atom. The minimum Gasteiger partial charge on any atom is -0.469 e. The molecule has 0 saturated carbocycles. The highest BCUT2D eigenvalue weighted by molar-refractivity contribution is 7.89. The first-order valence-corrected chi connectivity index (χ1v) is 6.66. The summed E-state index contributed by atoms with van der Waals surface area (Å²) in [7, 11) is -0.671. The zero-order valence-corrected chi connectivity index (χ0v) is 11.0. The van der Waals surface area contributed by atoms with Gasteiger partial charge in [-0.3, -0.25) is 4.79 Å². The van der Waals surface area contributed by atoms with Crippen LogP contribution in [-0.4, -0.2) is 40.1 Å². The van der Waals surface area contributed by atoms with E-state index in [2.05, 4.69) is 9.72 Å². The van der Waals surface area contributed by atoms with Crippen LogP contribution >= 0.6 is 0 Å². The Labute approximate surface area is 106 Å². The summed E-state index contributed by atoms with van der Waals surface area (Å²) in [6, 6.07) is 2.89. The Hall–Kier alpha value is -1.67. The fourth-order valence-corrected chi connectivity index (χ4v) is 1.70. The van der Waals surface area contributed by atoms with Crippen LogP contribution in [0.15, 0.2) is 23.2 Å². The molecule has 0 aliphatic carbocycles. The topological polar surface area (TPSA) is 103 Å². The van der Waals surface area contributed by atoms with Gasteiger partial charge >= 0.3 is 5.97 Å². The molecule has 1 rings (SSSR count). The van der Waals surface area contributed by atoms with Crippen LogP contribution in [0.2, 0.25) is 0 Å². The molecular formula is C10H15N3O4S. The van der Waals surface area contributed by atoms with Crippen molar-refractivity contribution < 1.29 is 17.9 Å². The van der Waals surface area contributed by atoms with Crippen LogP contribution in [0.1, 0.15) is 6.42 Å². The van der Waals surface area contributed by atoms with E-state index in [1.54, 1.807) is 11.9 Å². The highest BCUT2D eigenvalue weighted by atomic mass is 32.2. The standard InChI is InChI=1S/C10H15N3O4S/c1-13(6-5-10(14)17-2)9-4-3-8(7-12-9)18(11,15)16/h3-4,7H,5-6H2,1-2H3,(H2,11,15,16). The van der Waals surface area contributed by atoms with Crippen molar-refractivity contribution in [2.75, 3.05) is 25.6 Å². The monoisotopic (exact) mass is 273 g/mol. The van der Waals surface area contributed by atoms with E-state index in [0.717, 1.165) is 0 Å². The summed E-state index contributed by atoms with van der Waals surface area (Å²) in [5, 5.41) is 4.96. The second kappa shape index (κ2) is 5.78. The molecule has 1 aromatic heterocycles. The van der Waals surface area contributed by atoms with Crippen molar-refractivity contribution >= 4 is 21.8 Å². The normalized spacial score (nSPS) is 11.1. The van der Waals surface area contributed by atoms with Gasteiger partial charge in [-0.2, -0.15) is 0 Å². The van der Waals surface area contributed by atoms with E-state index in [1.807, 2.05) is 0 Å². The van der Waals surface area contributed by atoms with E-state index in [1.165, 1.54) is 25.4 Å². The van der Waals surface area contributed by atoms with Gasteiger partial charge in [0.1, 0.15) is 10.7 Å². The number of pyridine rings is 1. The maximum Gasteiger partial charge on any atom is 0.307 e. The molecular weight excluding hydrogens is 258 g/mol. The maximum atomic E-state index is 11.0. The van der Waals surface area contributed by atoms with E-state index in [-0.39, 0.29) is 17.3 Å². The predicted molar refractivity (Wildman–Crippen MR) is 65.5 cm³/mol. The smallest absolute Gasteiger partial charge is 0.307 e. The number of carbonyl (C=O) groups excluding carboxylic acids is 1. The number of rotatable bonds is 5. The average Bonchev–Trinajstić information content (AvgIpc) is 2.34. The van der Waals surface area contributed by atoms with Gasteiger partial charge in [0.15, 0.2) is 0 Å². The van der Waals surface area contributed by atoms with Gasteiger partial charge in [-0.25, -0.2) is 18.5 Å². The highest BCUT2D eigenvalue weighted by Gasteiger charge is 2.10. The highest BCUT2D eigenvalue weighted by Crippen LogP contribution is 2.12. The first-order valence-electron chi connectivity index (χ1n) is 5.11. The van der Waals surface area contributed by atoms with E-state index in [4.69, 9.17) is 5.14 Å². The van der Waals surface area contributed by atoms with Crippen LogP contribution in [0.4, 0.5) is 5.82 Å². The van der Waals surface area contributed by atoms with Crippen molar-refractivity contribution in [3.63, 3.8) is 0 Å². The van der Waals surface area contributed by atoms with Crippen LogP contribution in [-0.2, 0) is 19.6 Å². The van der Waals surface area contributed by atoms with E-state index >= 15 is 0 Å². The summed E-state index contributed by atoms with van der Waals surface area (Å²) in [4.78, 5) is 16.6. The molecule has 0 saturated heterocycles. The van der Waals surface area contributed by atoms with Gasteiger partial charge in [-0.05, 0) is 12.1 Å². The van der Waals surface area contributed by atoms with Crippen molar-refractivity contribution in [1.82, 2.24) is 4.98 Å². The number of anilines is 1. The molecule has 7 nitrogen and oxygen atoms in total. The van der Waals surface area contributed by atoms with Crippen molar-refractivity contribution in [2.45, 2.75) is 11.3 Å². The molecule has 0 radical (unpaired) electrons. The van der Waals surface area contributed by atoms with Crippen molar-refractivity contribution in [3.8, 4) is 0 Å². The summed E-state index contributed by atoms with van der Waals surface area (Å²) in [6.07, 6.45) is 1.41. The number of hydrogen-bond acceptors (Lipinski definition) is 6. The van der Waals surface area contributed by atoms with Gasteiger partial charge in [-0.1, -0.05) is 0 Å². The molecule has 0 fully saturated rings. The lowest BCUT2D eigenvalue weighted by molar-refractivity contribution is -0.140. The lowest BCUT2D eigenvalue weighted by Crippen LogP contribution is -2.22. The molecule has 18 heavy (non-hydrogen) atoms. The number of sulfonamides is 1. The van der Waals surface area contributed by atoms with Crippen LogP contribution in [0, 0.1) is 0 Å². The quantitative estimate of drug-likeness (QED) is 0.741. The predicted octanol–water partition coefficient (Wildman–Crippen LogP) is -0.272. The Balaban J connectivity index is 2.70. The van der Waals surface area contributed by atoms with Crippen LogP contribution in [0.25, 0.3) is 0 Å². The number of hydrogen-bond donors (Lipinski definition) is 1. The Kier molecular flexibility index (Phi) is 4.62. The summed E-state index contributed by atoms with van der Waals surface area (Å²) < 4.78 is 26.6. The lowest BCUT2D eigenvalue weighted by Gasteiger charge is -2.17. The van der Waals surface area contributed by atoms with Gasteiger partial charge in [0.2, 0.25) is 10.0 Å². The molecule has 1 heterocycles.